The van der Waals surface area contributed by atoms with Crippen LogP contribution in [0.2, 0.25) is 5.02 Å². The topological polar surface area (TPSA) is 99.4 Å². The summed E-state index contributed by atoms with van der Waals surface area (Å²) in [6.45, 7) is 8.72. The Morgan fingerprint density at radius 2 is 1.92 bits per heavy atom. The van der Waals surface area contributed by atoms with E-state index >= 15 is 0 Å². The summed E-state index contributed by atoms with van der Waals surface area (Å²) in [5, 5.41) is 17.2. The van der Waals surface area contributed by atoms with Crippen molar-refractivity contribution in [3.63, 3.8) is 0 Å². The molecular weight excluding hydrogens is 490 g/mol. The second kappa shape index (κ2) is 12.8. The minimum Gasteiger partial charge on any atom is -0.379 e. The van der Waals surface area contributed by atoms with Gasteiger partial charge >= 0.3 is 0 Å². The zero-order chi connectivity index (χ0) is 26.4. The van der Waals surface area contributed by atoms with Crippen LogP contribution in [0.15, 0.2) is 24.3 Å². The van der Waals surface area contributed by atoms with Crippen molar-refractivity contribution in [3.8, 4) is 6.07 Å². The molecule has 0 unspecified atom stereocenters. The monoisotopic (exact) mass is 527 g/mol. The van der Waals surface area contributed by atoms with Crippen LogP contribution < -0.4 is 10.6 Å². The van der Waals surface area contributed by atoms with Crippen LogP contribution in [0.4, 0.5) is 0 Å². The molecule has 2 aromatic rings. The Kier molecular flexibility index (Phi) is 9.47. The van der Waals surface area contributed by atoms with Crippen molar-refractivity contribution in [1.29, 1.82) is 5.26 Å². The number of nitrogens with zero attached hydrogens (tertiary/aromatic N) is 3. The van der Waals surface area contributed by atoms with Gasteiger partial charge in [-0.25, -0.2) is 0 Å². The molecule has 1 aliphatic heterocycles. The molecule has 1 saturated carbocycles. The van der Waals surface area contributed by atoms with Crippen molar-refractivity contribution >= 4 is 34.3 Å². The second-order valence-corrected chi connectivity index (χ2v) is 11.1. The second-order valence-electron chi connectivity index (χ2n) is 10.6. The molecule has 200 valence electrons. The third-order valence-corrected chi connectivity index (χ3v) is 7.68. The van der Waals surface area contributed by atoms with E-state index in [4.69, 9.17) is 16.3 Å². The van der Waals surface area contributed by atoms with E-state index in [1.807, 2.05) is 42.7 Å². The Bertz CT molecular complexity index is 1130. The first-order valence-electron chi connectivity index (χ1n) is 13.5. The van der Waals surface area contributed by atoms with Crippen LogP contribution in [-0.2, 0) is 16.1 Å². The van der Waals surface area contributed by atoms with Crippen LogP contribution in [0.5, 0.6) is 0 Å². The van der Waals surface area contributed by atoms with Crippen LogP contribution in [0, 0.1) is 23.2 Å². The number of nitriles is 1. The summed E-state index contributed by atoms with van der Waals surface area (Å²) >= 11 is 6.31. The quantitative estimate of drug-likeness (QED) is 0.514. The summed E-state index contributed by atoms with van der Waals surface area (Å²) in [6.07, 6.45) is 3.94. The van der Waals surface area contributed by atoms with Gasteiger partial charge in [0.05, 0.1) is 30.7 Å². The highest BCUT2D eigenvalue weighted by Crippen LogP contribution is 2.27. The van der Waals surface area contributed by atoms with Crippen LogP contribution in [-0.4, -0.2) is 66.2 Å². The van der Waals surface area contributed by atoms with Crippen molar-refractivity contribution in [2.45, 2.75) is 64.6 Å². The van der Waals surface area contributed by atoms with Gasteiger partial charge in [0.2, 0.25) is 5.91 Å². The van der Waals surface area contributed by atoms with Crippen LogP contribution in [0.1, 0.15) is 56.4 Å². The summed E-state index contributed by atoms with van der Waals surface area (Å²) < 4.78 is 7.51. The number of hydrogen-bond acceptors (Lipinski definition) is 5. The first-order chi connectivity index (χ1) is 17.9. The highest BCUT2D eigenvalue weighted by atomic mass is 35.5. The molecule has 0 radical (unpaired) electrons. The number of nitrogens with one attached hydrogen (secondary N) is 2. The van der Waals surface area contributed by atoms with Crippen LogP contribution >= 0.6 is 11.6 Å². The third-order valence-electron chi connectivity index (χ3n) is 7.44. The van der Waals surface area contributed by atoms with Gasteiger partial charge in [0.1, 0.15) is 11.7 Å². The number of aromatic nitrogens is 1. The number of carbonyl (C=O) groups is 2. The van der Waals surface area contributed by atoms with Gasteiger partial charge in [0, 0.05) is 42.6 Å². The lowest BCUT2D eigenvalue weighted by Gasteiger charge is -2.32. The molecule has 2 aliphatic rings. The van der Waals surface area contributed by atoms with Gasteiger partial charge in [0.25, 0.3) is 5.91 Å². The summed E-state index contributed by atoms with van der Waals surface area (Å²) in [5.41, 5.74) is 1.50. The zero-order valence-corrected chi connectivity index (χ0v) is 22.6. The maximum absolute atomic E-state index is 13.6. The number of benzene rings is 1. The molecule has 0 spiro atoms. The fourth-order valence-corrected chi connectivity index (χ4v) is 5.64. The van der Waals surface area contributed by atoms with Gasteiger partial charge in [0.15, 0.2) is 0 Å². The average molecular weight is 528 g/mol. The minimum atomic E-state index is -0.516. The molecule has 1 aliphatic carbocycles. The first-order valence-corrected chi connectivity index (χ1v) is 13.8. The number of carbonyl (C=O) groups excluding carboxylic acids is 2. The highest BCUT2D eigenvalue weighted by Gasteiger charge is 2.34. The van der Waals surface area contributed by atoms with Gasteiger partial charge in [-0.2, -0.15) is 5.26 Å². The maximum Gasteiger partial charge on any atom is 0.268 e. The Morgan fingerprint density at radius 3 is 2.65 bits per heavy atom. The molecule has 4 rings (SSSR count). The van der Waals surface area contributed by atoms with Crippen molar-refractivity contribution in [2.75, 3.05) is 32.8 Å². The fraction of sp³-hybridized carbons (Fsp3) is 0.607. The summed E-state index contributed by atoms with van der Waals surface area (Å²) in [6, 6.07) is 9.01. The number of halogens is 1. The number of ether oxygens (including phenoxy) is 1. The summed E-state index contributed by atoms with van der Waals surface area (Å²) in [7, 11) is 0. The molecule has 3 atom stereocenters. The predicted molar refractivity (Wildman–Crippen MR) is 144 cm³/mol. The highest BCUT2D eigenvalue weighted by molar-refractivity contribution is 6.31. The van der Waals surface area contributed by atoms with E-state index in [0.29, 0.717) is 36.0 Å². The predicted octanol–water partition coefficient (Wildman–Crippen LogP) is 3.97. The van der Waals surface area contributed by atoms with E-state index in [9.17, 15) is 14.9 Å². The molecular formula is C28H38ClN5O3. The molecule has 8 nitrogen and oxygen atoms in total. The molecule has 37 heavy (non-hydrogen) atoms. The van der Waals surface area contributed by atoms with Crippen molar-refractivity contribution < 1.29 is 14.3 Å². The lowest BCUT2D eigenvalue weighted by Crippen LogP contribution is -2.50. The average Bonchev–Trinajstić information content (AvgIpc) is 3.25. The third kappa shape index (κ3) is 7.04. The van der Waals surface area contributed by atoms with E-state index in [2.05, 4.69) is 21.6 Å². The molecule has 2 heterocycles. The van der Waals surface area contributed by atoms with E-state index in [1.165, 1.54) is 0 Å². The van der Waals surface area contributed by atoms with E-state index in [1.54, 1.807) is 0 Å². The first kappa shape index (κ1) is 27.4. The summed E-state index contributed by atoms with van der Waals surface area (Å²) in [5.74, 6) is -0.365. The van der Waals surface area contributed by atoms with E-state index in [-0.39, 0.29) is 23.8 Å². The lowest BCUT2D eigenvalue weighted by atomic mass is 9.83. The Labute approximate surface area is 224 Å². The number of hydrogen-bond donors (Lipinski definition) is 2. The molecule has 1 aromatic heterocycles. The van der Waals surface area contributed by atoms with Crippen LogP contribution in [0.3, 0.4) is 0 Å². The molecule has 2 amide bonds. The normalized spacial score (nSPS) is 21.5. The number of morpholine rings is 1. The summed E-state index contributed by atoms with van der Waals surface area (Å²) in [4.78, 5) is 29.1. The van der Waals surface area contributed by atoms with Crippen molar-refractivity contribution in [1.82, 2.24) is 20.1 Å². The van der Waals surface area contributed by atoms with Gasteiger partial charge in [-0.15, -0.1) is 0 Å². The minimum absolute atomic E-state index is 0.142. The molecule has 1 aromatic carbocycles. The van der Waals surface area contributed by atoms with Gasteiger partial charge in [-0.3, -0.25) is 14.5 Å². The standard InChI is InChI=1S/C28H38ClN5O3/c1-19(2)15-22(18-30)31-27(35)23-5-3-4-6-24(23)32-28(36)26-16-20-7-8-21(29)17-25(20)34(26)10-9-33-11-13-37-14-12-33/h7-8,16-17,19,22-24H,3-6,9-15H2,1-2H3,(H,31,35)(H,32,36)/t22-,23+,24-/m0/s1. The Hall–Kier alpha value is -2.60. The number of amides is 2. The SMILES string of the molecule is CC(C)C[C@@H](C#N)NC(=O)[C@@H]1CCCC[C@@H]1NC(=O)c1cc2ccc(Cl)cc2n1CCN1CCOCC1. The lowest BCUT2D eigenvalue weighted by molar-refractivity contribution is -0.127. The molecule has 1 saturated heterocycles. The Morgan fingerprint density at radius 1 is 1.16 bits per heavy atom. The smallest absolute Gasteiger partial charge is 0.268 e. The van der Waals surface area contributed by atoms with Crippen molar-refractivity contribution in [2.24, 2.45) is 11.8 Å². The Balaban J connectivity index is 1.51. The fourth-order valence-electron chi connectivity index (χ4n) is 5.48. The number of rotatable bonds is 9. The van der Waals surface area contributed by atoms with Gasteiger partial charge in [-0.1, -0.05) is 44.4 Å². The molecule has 2 fully saturated rings. The molecule has 2 N–H and O–H groups in total. The molecule has 0 bridgehead atoms. The number of fused-ring (bicyclic) bond motifs is 1. The van der Waals surface area contributed by atoms with E-state index in [0.717, 1.165) is 63.0 Å². The maximum atomic E-state index is 13.6. The zero-order valence-electron chi connectivity index (χ0n) is 21.8. The van der Waals surface area contributed by atoms with Gasteiger partial charge < -0.3 is 19.9 Å². The van der Waals surface area contributed by atoms with Crippen LogP contribution in [0.25, 0.3) is 10.9 Å². The largest absolute Gasteiger partial charge is 0.379 e. The van der Waals surface area contributed by atoms with E-state index < -0.39 is 6.04 Å². The van der Waals surface area contributed by atoms with Crippen molar-refractivity contribution in [3.05, 3.63) is 35.0 Å². The molecule has 9 heteroatoms. The van der Waals surface area contributed by atoms with Gasteiger partial charge in [-0.05, 0) is 43.4 Å².